The van der Waals surface area contributed by atoms with Crippen LogP contribution in [0.4, 0.5) is 11.4 Å². The molecular weight excluding hydrogens is 460 g/mol. The predicted molar refractivity (Wildman–Crippen MR) is 135 cm³/mol. The summed E-state index contributed by atoms with van der Waals surface area (Å²) in [5.41, 5.74) is 3.18. The number of ether oxygens (including phenoxy) is 1. The van der Waals surface area contributed by atoms with Crippen LogP contribution in [0.3, 0.4) is 0 Å². The van der Waals surface area contributed by atoms with E-state index in [0.717, 1.165) is 11.3 Å². The highest BCUT2D eigenvalue weighted by atomic mass is 16.6. The van der Waals surface area contributed by atoms with Gasteiger partial charge in [-0.15, -0.1) is 0 Å². The van der Waals surface area contributed by atoms with Crippen molar-refractivity contribution in [3.63, 3.8) is 0 Å². The Balaban J connectivity index is 1.47. The summed E-state index contributed by atoms with van der Waals surface area (Å²) >= 11 is 0. The van der Waals surface area contributed by atoms with Gasteiger partial charge in [-0.25, -0.2) is 9.48 Å². The predicted octanol–water partition coefficient (Wildman–Crippen LogP) is 5.03. The minimum Gasteiger partial charge on any atom is -0.449 e. The molecule has 1 atom stereocenters. The van der Waals surface area contributed by atoms with Gasteiger partial charge in [0.05, 0.1) is 16.3 Å². The second-order valence-corrected chi connectivity index (χ2v) is 7.79. The van der Waals surface area contributed by atoms with Crippen molar-refractivity contribution in [1.29, 1.82) is 0 Å². The molecule has 36 heavy (non-hydrogen) atoms. The van der Waals surface area contributed by atoms with Crippen molar-refractivity contribution < 1.29 is 19.2 Å². The maximum absolute atomic E-state index is 12.4. The molecule has 1 amide bonds. The van der Waals surface area contributed by atoms with Crippen LogP contribution < -0.4 is 5.32 Å². The quantitative estimate of drug-likeness (QED) is 0.163. The Bertz CT molecular complexity index is 1410. The van der Waals surface area contributed by atoms with Crippen molar-refractivity contribution in [2.45, 2.75) is 13.0 Å². The summed E-state index contributed by atoms with van der Waals surface area (Å²) in [5.74, 6) is -1.33. The molecule has 0 radical (unpaired) electrons. The SMILES string of the molecule is C[C@H](OC(=O)/C=C/c1cn(-c2ccccc2)nc1-c1ccccc1)C(=O)Nc1cccc([N+](=O)[O-])c1. The number of aromatic nitrogens is 2. The lowest BCUT2D eigenvalue weighted by Gasteiger charge is -2.12. The summed E-state index contributed by atoms with van der Waals surface area (Å²) in [4.78, 5) is 35.2. The molecule has 1 aromatic heterocycles. The Kier molecular flexibility index (Phi) is 7.30. The Morgan fingerprint density at radius 2 is 1.72 bits per heavy atom. The molecule has 1 N–H and O–H groups in total. The first kappa shape index (κ1) is 24.1. The summed E-state index contributed by atoms with van der Waals surface area (Å²) in [6.45, 7) is 1.42. The molecule has 0 saturated heterocycles. The lowest BCUT2D eigenvalue weighted by Crippen LogP contribution is -2.29. The monoisotopic (exact) mass is 482 g/mol. The van der Waals surface area contributed by atoms with E-state index in [-0.39, 0.29) is 11.4 Å². The number of nitro benzene ring substituents is 1. The maximum Gasteiger partial charge on any atom is 0.331 e. The second kappa shape index (κ2) is 10.9. The average Bonchev–Trinajstić information content (AvgIpc) is 3.33. The zero-order valence-corrected chi connectivity index (χ0v) is 19.3. The van der Waals surface area contributed by atoms with Crippen LogP contribution in [0.15, 0.2) is 97.2 Å². The van der Waals surface area contributed by atoms with E-state index in [1.54, 1.807) is 17.0 Å². The lowest BCUT2D eigenvalue weighted by molar-refractivity contribution is -0.384. The zero-order chi connectivity index (χ0) is 25.5. The topological polar surface area (TPSA) is 116 Å². The van der Waals surface area contributed by atoms with Crippen molar-refractivity contribution in [1.82, 2.24) is 9.78 Å². The Morgan fingerprint density at radius 3 is 2.42 bits per heavy atom. The molecule has 0 fully saturated rings. The summed E-state index contributed by atoms with van der Waals surface area (Å²) in [6, 6.07) is 24.6. The van der Waals surface area contributed by atoms with Gasteiger partial charge in [0, 0.05) is 41.2 Å². The summed E-state index contributed by atoms with van der Waals surface area (Å²) in [5, 5.41) is 18.1. The molecule has 3 aromatic carbocycles. The highest BCUT2D eigenvalue weighted by molar-refractivity contribution is 5.97. The average molecular weight is 482 g/mol. The molecule has 9 heteroatoms. The van der Waals surface area contributed by atoms with Crippen LogP contribution in [0.2, 0.25) is 0 Å². The lowest BCUT2D eigenvalue weighted by atomic mass is 10.1. The number of anilines is 1. The van der Waals surface area contributed by atoms with Gasteiger partial charge in [0.25, 0.3) is 11.6 Å². The normalized spacial score (nSPS) is 11.7. The summed E-state index contributed by atoms with van der Waals surface area (Å²) < 4.78 is 6.95. The van der Waals surface area contributed by atoms with Gasteiger partial charge in [-0.05, 0) is 31.2 Å². The van der Waals surface area contributed by atoms with Crippen LogP contribution >= 0.6 is 0 Å². The van der Waals surface area contributed by atoms with E-state index in [1.807, 2.05) is 60.7 Å². The molecule has 0 unspecified atom stereocenters. The molecule has 4 aromatic rings. The van der Waals surface area contributed by atoms with Gasteiger partial charge < -0.3 is 10.1 Å². The van der Waals surface area contributed by atoms with Crippen molar-refractivity contribution in [3.05, 3.63) is 113 Å². The van der Waals surface area contributed by atoms with E-state index in [2.05, 4.69) is 10.4 Å². The Morgan fingerprint density at radius 1 is 1.03 bits per heavy atom. The number of non-ortho nitro benzene ring substituents is 1. The van der Waals surface area contributed by atoms with Crippen molar-refractivity contribution in [3.8, 4) is 16.9 Å². The van der Waals surface area contributed by atoms with Crippen molar-refractivity contribution in [2.24, 2.45) is 0 Å². The van der Waals surface area contributed by atoms with Crippen LogP contribution in [-0.2, 0) is 14.3 Å². The highest BCUT2D eigenvalue weighted by Gasteiger charge is 2.18. The minimum absolute atomic E-state index is 0.161. The van der Waals surface area contributed by atoms with E-state index in [1.165, 1.54) is 37.3 Å². The maximum atomic E-state index is 12.4. The first-order chi connectivity index (χ1) is 17.4. The fourth-order valence-electron chi connectivity index (χ4n) is 3.41. The standard InChI is InChI=1S/C27H22N4O5/c1-19(27(33)28-22-11-8-14-24(17-22)31(34)35)36-25(32)16-15-21-18-30(23-12-6-3-7-13-23)29-26(21)20-9-4-2-5-10-20/h2-19H,1H3,(H,28,33)/b16-15+/t19-/m0/s1. The van der Waals surface area contributed by atoms with E-state index < -0.39 is 22.9 Å². The van der Waals surface area contributed by atoms with Gasteiger partial charge in [0.1, 0.15) is 0 Å². The number of benzene rings is 3. The van der Waals surface area contributed by atoms with Crippen LogP contribution in [0.25, 0.3) is 23.0 Å². The van der Waals surface area contributed by atoms with Gasteiger partial charge in [-0.1, -0.05) is 54.6 Å². The molecule has 0 aliphatic carbocycles. The van der Waals surface area contributed by atoms with Gasteiger partial charge in [-0.3, -0.25) is 14.9 Å². The van der Waals surface area contributed by atoms with Crippen LogP contribution in [0, 0.1) is 10.1 Å². The van der Waals surface area contributed by atoms with E-state index in [4.69, 9.17) is 4.74 Å². The summed E-state index contributed by atoms with van der Waals surface area (Å²) in [7, 11) is 0. The highest BCUT2D eigenvalue weighted by Crippen LogP contribution is 2.25. The van der Waals surface area contributed by atoms with E-state index >= 15 is 0 Å². The van der Waals surface area contributed by atoms with Crippen molar-refractivity contribution >= 4 is 29.3 Å². The number of carbonyl (C=O) groups is 2. The number of carbonyl (C=O) groups excluding carboxylic acids is 2. The molecular formula is C27H22N4O5. The van der Waals surface area contributed by atoms with Crippen LogP contribution in [0.5, 0.6) is 0 Å². The third-order valence-electron chi connectivity index (χ3n) is 5.20. The van der Waals surface area contributed by atoms with Crippen LogP contribution in [-0.4, -0.2) is 32.7 Å². The number of para-hydroxylation sites is 1. The van der Waals surface area contributed by atoms with Gasteiger partial charge in [0.15, 0.2) is 6.10 Å². The third-order valence-corrected chi connectivity index (χ3v) is 5.20. The van der Waals surface area contributed by atoms with Gasteiger partial charge in [0.2, 0.25) is 0 Å². The summed E-state index contributed by atoms with van der Waals surface area (Å²) in [6.07, 6.45) is 3.50. The molecule has 4 rings (SSSR count). The molecule has 9 nitrogen and oxygen atoms in total. The van der Waals surface area contributed by atoms with Crippen LogP contribution in [0.1, 0.15) is 12.5 Å². The van der Waals surface area contributed by atoms with Crippen molar-refractivity contribution in [2.75, 3.05) is 5.32 Å². The number of nitro groups is 1. The smallest absolute Gasteiger partial charge is 0.331 e. The van der Waals surface area contributed by atoms with E-state index in [0.29, 0.717) is 11.3 Å². The Hall–Kier alpha value is -5.05. The Labute approximate surface area is 206 Å². The molecule has 0 spiro atoms. The number of esters is 1. The minimum atomic E-state index is -1.12. The molecule has 0 aliphatic rings. The van der Waals surface area contributed by atoms with E-state index in [9.17, 15) is 19.7 Å². The first-order valence-corrected chi connectivity index (χ1v) is 11.1. The fourth-order valence-corrected chi connectivity index (χ4v) is 3.41. The number of hydrogen-bond donors (Lipinski definition) is 1. The van der Waals surface area contributed by atoms with Gasteiger partial charge in [-0.2, -0.15) is 5.10 Å². The molecule has 0 aliphatic heterocycles. The fraction of sp³-hybridized carbons (Fsp3) is 0.0741. The second-order valence-electron chi connectivity index (χ2n) is 7.79. The molecule has 0 saturated carbocycles. The first-order valence-electron chi connectivity index (χ1n) is 11.1. The number of hydrogen-bond acceptors (Lipinski definition) is 6. The number of amides is 1. The number of rotatable bonds is 8. The largest absolute Gasteiger partial charge is 0.449 e. The molecule has 1 heterocycles. The molecule has 0 bridgehead atoms. The third kappa shape index (κ3) is 5.89. The number of nitrogens with one attached hydrogen (secondary N) is 1. The molecule has 180 valence electrons. The zero-order valence-electron chi connectivity index (χ0n) is 19.3. The number of nitrogens with zero attached hydrogens (tertiary/aromatic N) is 3. The van der Waals surface area contributed by atoms with Gasteiger partial charge >= 0.3 is 5.97 Å².